The van der Waals surface area contributed by atoms with Crippen LogP contribution in [-0.4, -0.2) is 50.6 Å². The van der Waals surface area contributed by atoms with E-state index in [0.29, 0.717) is 19.6 Å². The molecule has 4 atom stereocenters. The lowest BCUT2D eigenvalue weighted by Gasteiger charge is -2.19. The van der Waals surface area contributed by atoms with Crippen molar-refractivity contribution in [3.8, 4) is 0 Å². The van der Waals surface area contributed by atoms with Crippen LogP contribution in [-0.2, 0) is 28.5 Å². The van der Waals surface area contributed by atoms with Crippen LogP contribution in [0.1, 0.15) is 13.3 Å². The predicted octanol–water partition coefficient (Wildman–Crippen LogP) is 0.699. The predicted molar refractivity (Wildman–Crippen MR) is 68.9 cm³/mol. The van der Waals surface area contributed by atoms with Crippen molar-refractivity contribution in [1.29, 1.82) is 0 Å². The van der Waals surface area contributed by atoms with Gasteiger partial charge >= 0.3 is 11.9 Å². The number of epoxide rings is 2. The maximum absolute atomic E-state index is 12.0. The van der Waals surface area contributed by atoms with E-state index in [0.717, 1.165) is 0 Å². The van der Waals surface area contributed by atoms with Gasteiger partial charge in [-0.15, -0.1) is 6.58 Å². The summed E-state index contributed by atoms with van der Waals surface area (Å²) in [6.07, 6.45) is 2.01. The third-order valence-electron chi connectivity index (χ3n) is 3.33. The standard InChI is InChI=1S/C14H20O6/c1-3-4-12(14(16)20-8-11-6-18-11)9(2)13(15)19-7-10-5-17-10/h3,9-12H,1,4-8H2,2H3. The average Bonchev–Trinajstić information content (AvgIpc) is 3.32. The van der Waals surface area contributed by atoms with Crippen molar-refractivity contribution in [2.75, 3.05) is 26.4 Å². The molecule has 0 aliphatic carbocycles. The summed E-state index contributed by atoms with van der Waals surface area (Å²) in [6, 6.07) is 0. The van der Waals surface area contributed by atoms with Gasteiger partial charge in [-0.25, -0.2) is 0 Å². The molecule has 0 saturated carbocycles. The minimum absolute atomic E-state index is 0.0117. The first kappa shape index (κ1) is 15.0. The molecule has 0 bridgehead atoms. The summed E-state index contributed by atoms with van der Waals surface area (Å²) in [5.41, 5.74) is 0. The SMILES string of the molecule is C=CCC(C(=O)OCC1CO1)C(C)C(=O)OCC1CO1. The highest BCUT2D eigenvalue weighted by molar-refractivity contribution is 5.82. The minimum atomic E-state index is -0.570. The van der Waals surface area contributed by atoms with Crippen molar-refractivity contribution >= 4 is 11.9 Å². The summed E-state index contributed by atoms with van der Waals surface area (Å²) in [5, 5.41) is 0. The Morgan fingerprint density at radius 2 is 1.70 bits per heavy atom. The first-order valence-corrected chi connectivity index (χ1v) is 6.79. The number of allylic oxidation sites excluding steroid dienone is 1. The van der Waals surface area contributed by atoms with Crippen LogP contribution in [0, 0.1) is 11.8 Å². The third kappa shape index (κ3) is 4.61. The molecule has 2 rings (SSSR count). The van der Waals surface area contributed by atoms with Gasteiger partial charge in [0.05, 0.1) is 25.0 Å². The fourth-order valence-electron chi connectivity index (χ4n) is 1.77. The van der Waals surface area contributed by atoms with Gasteiger partial charge < -0.3 is 18.9 Å². The second-order valence-corrected chi connectivity index (χ2v) is 5.09. The molecule has 0 aromatic rings. The molecule has 2 aliphatic rings. The van der Waals surface area contributed by atoms with Crippen molar-refractivity contribution in [2.24, 2.45) is 11.8 Å². The average molecular weight is 284 g/mol. The molecular formula is C14H20O6. The molecule has 6 heteroatoms. The van der Waals surface area contributed by atoms with Crippen molar-refractivity contribution in [2.45, 2.75) is 25.6 Å². The Hall–Kier alpha value is -1.40. The van der Waals surface area contributed by atoms with Crippen LogP contribution in [0.15, 0.2) is 12.7 Å². The van der Waals surface area contributed by atoms with Crippen LogP contribution in [0.4, 0.5) is 0 Å². The Labute approximate surface area is 118 Å². The van der Waals surface area contributed by atoms with E-state index in [1.165, 1.54) is 0 Å². The molecule has 0 aromatic carbocycles. The van der Waals surface area contributed by atoms with Gasteiger partial charge in [-0.2, -0.15) is 0 Å². The van der Waals surface area contributed by atoms with Crippen LogP contribution in [0.25, 0.3) is 0 Å². The zero-order valence-corrected chi connectivity index (χ0v) is 11.6. The number of ether oxygens (including phenoxy) is 4. The largest absolute Gasteiger partial charge is 0.463 e. The molecule has 4 unspecified atom stereocenters. The van der Waals surface area contributed by atoms with Crippen LogP contribution in [0.2, 0.25) is 0 Å². The highest BCUT2D eigenvalue weighted by Gasteiger charge is 2.34. The van der Waals surface area contributed by atoms with Gasteiger partial charge in [-0.1, -0.05) is 13.0 Å². The van der Waals surface area contributed by atoms with Crippen molar-refractivity contribution < 1.29 is 28.5 Å². The summed E-state index contributed by atoms with van der Waals surface area (Å²) >= 11 is 0. The lowest BCUT2D eigenvalue weighted by molar-refractivity contribution is -0.160. The van der Waals surface area contributed by atoms with Crippen LogP contribution >= 0.6 is 0 Å². The molecule has 112 valence electrons. The minimum Gasteiger partial charge on any atom is -0.463 e. The number of rotatable bonds is 9. The van der Waals surface area contributed by atoms with E-state index < -0.39 is 23.8 Å². The number of carbonyl (C=O) groups is 2. The Morgan fingerprint density at radius 1 is 1.20 bits per heavy atom. The van der Waals surface area contributed by atoms with Gasteiger partial charge in [0.1, 0.15) is 25.4 Å². The molecule has 2 saturated heterocycles. The topological polar surface area (TPSA) is 77.7 Å². The van der Waals surface area contributed by atoms with Gasteiger partial charge in [0.25, 0.3) is 0 Å². The van der Waals surface area contributed by atoms with Gasteiger partial charge in [0.15, 0.2) is 0 Å². The summed E-state index contributed by atoms with van der Waals surface area (Å²) in [5.74, 6) is -1.96. The summed E-state index contributed by atoms with van der Waals surface area (Å²) < 4.78 is 20.2. The van der Waals surface area contributed by atoms with E-state index in [9.17, 15) is 9.59 Å². The van der Waals surface area contributed by atoms with E-state index in [2.05, 4.69) is 6.58 Å². The van der Waals surface area contributed by atoms with Gasteiger partial charge in [0.2, 0.25) is 0 Å². The van der Waals surface area contributed by atoms with E-state index in [4.69, 9.17) is 18.9 Å². The summed E-state index contributed by atoms with van der Waals surface area (Å²) in [4.78, 5) is 23.9. The maximum Gasteiger partial charge on any atom is 0.310 e. The van der Waals surface area contributed by atoms with Crippen molar-refractivity contribution in [3.05, 3.63) is 12.7 Å². The van der Waals surface area contributed by atoms with Gasteiger partial charge in [-0.3, -0.25) is 9.59 Å². The monoisotopic (exact) mass is 284 g/mol. The number of carbonyl (C=O) groups excluding carboxylic acids is 2. The zero-order valence-electron chi connectivity index (χ0n) is 11.6. The molecular weight excluding hydrogens is 264 g/mol. The van der Waals surface area contributed by atoms with Crippen molar-refractivity contribution in [3.63, 3.8) is 0 Å². The quantitative estimate of drug-likeness (QED) is 0.352. The fourth-order valence-corrected chi connectivity index (χ4v) is 1.77. The van der Waals surface area contributed by atoms with E-state index in [1.807, 2.05) is 0 Å². The Balaban J connectivity index is 1.81. The van der Waals surface area contributed by atoms with E-state index >= 15 is 0 Å². The lowest BCUT2D eigenvalue weighted by Crippen LogP contribution is -2.31. The van der Waals surface area contributed by atoms with Crippen molar-refractivity contribution in [1.82, 2.24) is 0 Å². The summed E-state index contributed by atoms with van der Waals surface area (Å²) in [6.45, 7) is 7.01. The van der Waals surface area contributed by atoms with Gasteiger partial charge in [0, 0.05) is 0 Å². The Bertz CT molecular complexity index is 372. The molecule has 6 nitrogen and oxygen atoms in total. The Kier molecular flexibility index (Phi) is 5.14. The molecule has 2 fully saturated rings. The van der Waals surface area contributed by atoms with E-state index in [1.54, 1.807) is 13.0 Å². The molecule has 0 radical (unpaired) electrons. The first-order valence-electron chi connectivity index (χ1n) is 6.79. The molecule has 0 spiro atoms. The second-order valence-electron chi connectivity index (χ2n) is 5.09. The van der Waals surface area contributed by atoms with Gasteiger partial charge in [-0.05, 0) is 6.42 Å². The van der Waals surface area contributed by atoms with Crippen LogP contribution in [0.5, 0.6) is 0 Å². The zero-order chi connectivity index (χ0) is 14.5. The maximum atomic E-state index is 12.0. The number of esters is 2. The fraction of sp³-hybridized carbons (Fsp3) is 0.714. The third-order valence-corrected chi connectivity index (χ3v) is 3.33. The molecule has 2 aliphatic heterocycles. The normalized spacial score (nSPS) is 26.2. The molecule has 0 N–H and O–H groups in total. The summed E-state index contributed by atoms with van der Waals surface area (Å²) in [7, 11) is 0. The molecule has 2 heterocycles. The molecule has 20 heavy (non-hydrogen) atoms. The molecule has 0 aromatic heterocycles. The smallest absolute Gasteiger partial charge is 0.310 e. The second kappa shape index (κ2) is 6.85. The van der Waals surface area contributed by atoms with E-state index in [-0.39, 0.29) is 25.4 Å². The molecule has 0 amide bonds. The number of hydrogen-bond acceptors (Lipinski definition) is 6. The lowest BCUT2D eigenvalue weighted by atomic mass is 9.91. The Morgan fingerprint density at radius 3 is 2.15 bits per heavy atom. The van der Waals surface area contributed by atoms with Crippen LogP contribution < -0.4 is 0 Å². The highest BCUT2D eigenvalue weighted by atomic mass is 16.6. The number of hydrogen-bond donors (Lipinski definition) is 0. The highest BCUT2D eigenvalue weighted by Crippen LogP contribution is 2.21. The van der Waals surface area contributed by atoms with Crippen LogP contribution in [0.3, 0.4) is 0 Å². The first-order chi connectivity index (χ1) is 9.61.